The number of aromatic carboxylic acids is 1. The van der Waals surface area contributed by atoms with Crippen LogP contribution in [0.25, 0.3) is 22.2 Å². The summed E-state index contributed by atoms with van der Waals surface area (Å²) in [4.78, 5) is 17.0. The van der Waals surface area contributed by atoms with Gasteiger partial charge in [0.1, 0.15) is 0 Å². The van der Waals surface area contributed by atoms with Crippen LogP contribution in [0.3, 0.4) is 0 Å². The highest BCUT2D eigenvalue weighted by molar-refractivity contribution is 6.31. The molecule has 204 valence electrons. The number of hydrogen-bond acceptors (Lipinski definition) is 3. The number of nitrogens with zero attached hydrogens (tertiary/aromatic N) is 3. The van der Waals surface area contributed by atoms with Crippen molar-refractivity contribution in [3.8, 4) is 11.3 Å². The number of aromatic nitrogens is 1. The molecule has 5 rings (SSSR count). The molecular formula is C32H42ClN3O2. The molecule has 0 radical (unpaired) electrons. The minimum absolute atomic E-state index is 0.0926. The molecular weight excluding hydrogens is 494 g/mol. The van der Waals surface area contributed by atoms with Crippen LogP contribution in [0.15, 0.2) is 36.4 Å². The third kappa shape index (κ3) is 5.20. The van der Waals surface area contributed by atoms with Crippen LogP contribution in [0.1, 0.15) is 81.6 Å². The molecule has 1 N–H and O–H groups in total. The molecule has 1 saturated carbocycles. The van der Waals surface area contributed by atoms with Crippen LogP contribution in [0.2, 0.25) is 5.02 Å². The zero-order valence-corrected chi connectivity index (χ0v) is 24.2. The van der Waals surface area contributed by atoms with E-state index in [9.17, 15) is 9.90 Å². The zero-order valence-electron chi connectivity index (χ0n) is 23.4. The van der Waals surface area contributed by atoms with Crippen molar-refractivity contribution in [2.75, 3.05) is 37.6 Å². The SMILES string of the molecule is CCN(CC)CC(C)(C)CN1CCn2c(c(C3CCCCC3)c3ccc(C(=O)O)cc32)-c2ccc(Cl)cc21. The standard InChI is InChI=1S/C32H42ClN3O2/c1-5-34(6-2)20-32(3,4)21-35-16-17-36-28-18-23(31(37)38)12-14-25(28)29(22-10-8-7-9-11-22)30(36)26-15-13-24(33)19-27(26)35/h12-15,18-19,22H,5-11,16-17,20-21H2,1-4H3,(H,37,38). The second-order valence-electron chi connectivity index (χ2n) is 12.0. The van der Waals surface area contributed by atoms with Crippen molar-refractivity contribution < 1.29 is 9.90 Å². The highest BCUT2D eigenvalue weighted by Crippen LogP contribution is 2.48. The average molecular weight is 536 g/mol. The summed E-state index contributed by atoms with van der Waals surface area (Å²) < 4.78 is 2.41. The molecule has 0 amide bonds. The van der Waals surface area contributed by atoms with E-state index in [1.165, 1.54) is 60.0 Å². The predicted molar refractivity (Wildman–Crippen MR) is 159 cm³/mol. The van der Waals surface area contributed by atoms with Crippen LogP contribution in [0.5, 0.6) is 0 Å². The Bertz CT molecular complexity index is 1320. The molecule has 1 aliphatic heterocycles. The molecule has 3 aromatic rings. The molecule has 0 saturated heterocycles. The Hall–Kier alpha value is -2.50. The Morgan fingerprint density at radius 2 is 1.79 bits per heavy atom. The molecule has 38 heavy (non-hydrogen) atoms. The van der Waals surface area contributed by atoms with Gasteiger partial charge in [0.25, 0.3) is 0 Å². The summed E-state index contributed by atoms with van der Waals surface area (Å²) in [6, 6.07) is 12.1. The molecule has 2 heterocycles. The van der Waals surface area contributed by atoms with Crippen LogP contribution in [0, 0.1) is 5.41 Å². The lowest BCUT2D eigenvalue weighted by atomic mass is 9.81. The largest absolute Gasteiger partial charge is 0.478 e. The van der Waals surface area contributed by atoms with Crippen LogP contribution < -0.4 is 4.90 Å². The average Bonchev–Trinajstić information content (AvgIpc) is 3.15. The van der Waals surface area contributed by atoms with E-state index in [1.54, 1.807) is 6.07 Å². The number of benzene rings is 2. The first-order chi connectivity index (χ1) is 18.2. The van der Waals surface area contributed by atoms with Crippen molar-refractivity contribution in [2.24, 2.45) is 5.41 Å². The smallest absolute Gasteiger partial charge is 0.335 e. The first kappa shape index (κ1) is 27.1. The van der Waals surface area contributed by atoms with Gasteiger partial charge in [0, 0.05) is 53.4 Å². The molecule has 2 aliphatic rings. The van der Waals surface area contributed by atoms with Gasteiger partial charge in [-0.2, -0.15) is 0 Å². The molecule has 2 aromatic carbocycles. The second kappa shape index (κ2) is 10.9. The van der Waals surface area contributed by atoms with Crippen LogP contribution >= 0.6 is 11.6 Å². The molecule has 0 bridgehead atoms. The Morgan fingerprint density at radius 3 is 2.47 bits per heavy atom. The Balaban J connectivity index is 1.67. The molecule has 5 nitrogen and oxygen atoms in total. The van der Waals surface area contributed by atoms with Crippen molar-refractivity contribution in [3.63, 3.8) is 0 Å². The fourth-order valence-corrected chi connectivity index (χ4v) is 7.09. The maximum Gasteiger partial charge on any atom is 0.335 e. The van der Waals surface area contributed by atoms with Gasteiger partial charge >= 0.3 is 5.97 Å². The number of hydrogen-bond donors (Lipinski definition) is 1. The number of carbonyl (C=O) groups is 1. The highest BCUT2D eigenvalue weighted by Gasteiger charge is 2.33. The van der Waals surface area contributed by atoms with Gasteiger partial charge < -0.3 is 19.5 Å². The lowest BCUT2D eigenvalue weighted by Gasteiger charge is -2.37. The molecule has 1 aromatic heterocycles. The summed E-state index contributed by atoms with van der Waals surface area (Å²) in [5, 5.41) is 11.8. The third-order valence-electron chi connectivity index (χ3n) is 8.68. The summed E-state index contributed by atoms with van der Waals surface area (Å²) in [5.41, 5.74) is 6.59. The van der Waals surface area contributed by atoms with E-state index < -0.39 is 5.97 Å². The highest BCUT2D eigenvalue weighted by atomic mass is 35.5. The fraction of sp³-hybridized carbons (Fsp3) is 0.531. The van der Waals surface area contributed by atoms with E-state index in [1.807, 2.05) is 12.1 Å². The maximum atomic E-state index is 11.9. The molecule has 0 atom stereocenters. The monoisotopic (exact) mass is 535 g/mol. The summed E-state index contributed by atoms with van der Waals surface area (Å²) in [6.45, 7) is 14.9. The Labute approximate surface area is 232 Å². The van der Waals surface area contributed by atoms with Crippen molar-refractivity contribution in [1.82, 2.24) is 9.47 Å². The number of rotatable bonds is 8. The summed E-state index contributed by atoms with van der Waals surface area (Å²) in [7, 11) is 0. The van der Waals surface area contributed by atoms with Crippen molar-refractivity contribution in [2.45, 2.75) is 72.3 Å². The van der Waals surface area contributed by atoms with Gasteiger partial charge in [0.15, 0.2) is 0 Å². The van der Waals surface area contributed by atoms with Gasteiger partial charge in [-0.05, 0) is 73.2 Å². The van der Waals surface area contributed by atoms with Gasteiger partial charge in [0.05, 0.1) is 11.3 Å². The zero-order chi connectivity index (χ0) is 27.0. The van der Waals surface area contributed by atoms with Gasteiger partial charge in [0.2, 0.25) is 0 Å². The summed E-state index contributed by atoms with van der Waals surface area (Å²) in [6.07, 6.45) is 6.19. The second-order valence-corrected chi connectivity index (χ2v) is 12.4. The van der Waals surface area contributed by atoms with E-state index in [2.05, 4.69) is 60.3 Å². The van der Waals surface area contributed by atoms with E-state index in [-0.39, 0.29) is 5.41 Å². The predicted octanol–water partition coefficient (Wildman–Crippen LogP) is 7.90. The topological polar surface area (TPSA) is 48.7 Å². The lowest BCUT2D eigenvalue weighted by Crippen LogP contribution is -2.43. The van der Waals surface area contributed by atoms with Crippen LogP contribution in [-0.2, 0) is 6.54 Å². The fourth-order valence-electron chi connectivity index (χ4n) is 6.93. The first-order valence-corrected chi connectivity index (χ1v) is 14.8. The first-order valence-electron chi connectivity index (χ1n) is 14.4. The van der Waals surface area contributed by atoms with E-state index in [0.717, 1.165) is 49.8 Å². The molecule has 1 aliphatic carbocycles. The normalized spacial score (nSPS) is 16.5. The third-order valence-corrected chi connectivity index (χ3v) is 8.91. The number of anilines is 1. The van der Waals surface area contributed by atoms with E-state index >= 15 is 0 Å². The number of carboxylic acids is 1. The number of fused-ring (bicyclic) bond motifs is 5. The van der Waals surface area contributed by atoms with Gasteiger partial charge in [-0.1, -0.05) is 64.6 Å². The van der Waals surface area contributed by atoms with Crippen LogP contribution in [-0.4, -0.2) is 53.3 Å². The summed E-state index contributed by atoms with van der Waals surface area (Å²) in [5.74, 6) is -0.380. The maximum absolute atomic E-state index is 11.9. The van der Waals surface area contributed by atoms with Crippen LogP contribution in [0.4, 0.5) is 5.69 Å². The van der Waals surface area contributed by atoms with Crippen molar-refractivity contribution in [3.05, 3.63) is 52.5 Å². The molecule has 0 unspecified atom stereocenters. The van der Waals surface area contributed by atoms with Gasteiger partial charge in [-0.25, -0.2) is 4.79 Å². The quantitative estimate of drug-likeness (QED) is 0.318. The number of halogens is 1. The lowest BCUT2D eigenvalue weighted by molar-refractivity contribution is 0.0697. The van der Waals surface area contributed by atoms with E-state index in [0.29, 0.717) is 11.5 Å². The van der Waals surface area contributed by atoms with Gasteiger partial charge in [-0.3, -0.25) is 0 Å². The van der Waals surface area contributed by atoms with Crippen molar-refractivity contribution >= 4 is 34.2 Å². The molecule has 6 heteroatoms. The molecule has 1 fully saturated rings. The van der Waals surface area contributed by atoms with E-state index in [4.69, 9.17) is 11.6 Å². The minimum atomic E-state index is -0.873. The molecule has 0 spiro atoms. The Kier molecular flexibility index (Phi) is 7.79. The minimum Gasteiger partial charge on any atom is -0.478 e. The summed E-state index contributed by atoms with van der Waals surface area (Å²) >= 11 is 6.64. The van der Waals surface area contributed by atoms with Crippen molar-refractivity contribution in [1.29, 1.82) is 0 Å². The number of carboxylic acid groups (broad SMARTS) is 1. The Morgan fingerprint density at radius 1 is 1.05 bits per heavy atom. The van der Waals surface area contributed by atoms with Gasteiger partial charge in [-0.15, -0.1) is 0 Å².